The lowest BCUT2D eigenvalue weighted by atomic mass is 10.1. The Hall–Kier alpha value is -3.50. The molecule has 4 aromatic rings. The van der Waals surface area contributed by atoms with Gasteiger partial charge in [0.2, 0.25) is 10.0 Å². The number of hydrogen-bond acceptors (Lipinski definition) is 6. The monoisotopic (exact) mass is 467 g/mol. The maximum absolute atomic E-state index is 13.1. The first kappa shape index (κ1) is 22.7. The minimum atomic E-state index is -3.25. The Kier molecular flexibility index (Phi) is 6.57. The lowest BCUT2D eigenvalue weighted by Gasteiger charge is -2.14. The van der Waals surface area contributed by atoms with Crippen LogP contribution in [0.4, 0.5) is 0 Å². The van der Waals surface area contributed by atoms with E-state index in [1.54, 1.807) is 23.2 Å². The van der Waals surface area contributed by atoms with Crippen molar-refractivity contribution in [1.82, 2.24) is 24.4 Å². The van der Waals surface area contributed by atoms with Gasteiger partial charge in [0.25, 0.3) is 5.91 Å². The molecule has 10 heteroatoms. The van der Waals surface area contributed by atoms with Crippen LogP contribution in [0.5, 0.6) is 0 Å². The van der Waals surface area contributed by atoms with Crippen LogP contribution in [0.25, 0.3) is 22.3 Å². The Labute approximate surface area is 192 Å². The fraction of sp³-hybridized carbons (Fsp3) is 0.261. The lowest BCUT2D eigenvalue weighted by molar-refractivity contribution is 0.0954. The summed E-state index contributed by atoms with van der Waals surface area (Å²) in [6.07, 6.45) is 4.88. The normalized spacial score (nSPS) is 11.8. The van der Waals surface area contributed by atoms with Crippen LogP contribution in [-0.2, 0) is 16.6 Å². The Bertz CT molecular complexity index is 1350. The summed E-state index contributed by atoms with van der Waals surface area (Å²) in [5, 5.41) is 7.95. The van der Waals surface area contributed by atoms with Gasteiger partial charge in [-0.2, -0.15) is 5.10 Å². The van der Waals surface area contributed by atoms with E-state index in [0.29, 0.717) is 48.3 Å². The summed E-state index contributed by atoms with van der Waals surface area (Å²) in [6.45, 7) is 1.05. The van der Waals surface area contributed by atoms with Gasteiger partial charge in [0.15, 0.2) is 5.65 Å². The van der Waals surface area contributed by atoms with Gasteiger partial charge in [-0.05, 0) is 24.6 Å². The molecule has 33 heavy (non-hydrogen) atoms. The smallest absolute Gasteiger partial charge is 0.252 e. The van der Waals surface area contributed by atoms with E-state index in [1.165, 1.54) is 11.4 Å². The Morgan fingerprint density at radius 3 is 2.67 bits per heavy atom. The minimum Gasteiger partial charge on any atom is -0.467 e. The van der Waals surface area contributed by atoms with E-state index >= 15 is 0 Å². The highest BCUT2D eigenvalue weighted by atomic mass is 32.2. The van der Waals surface area contributed by atoms with Crippen molar-refractivity contribution < 1.29 is 17.6 Å². The number of carbonyl (C=O) groups excluding carboxylic acids is 1. The fourth-order valence-corrected chi connectivity index (χ4v) is 3.88. The Balaban J connectivity index is 1.62. The maximum Gasteiger partial charge on any atom is 0.252 e. The second-order valence-corrected chi connectivity index (χ2v) is 9.82. The molecule has 0 saturated heterocycles. The van der Waals surface area contributed by atoms with Crippen molar-refractivity contribution in [3.63, 3.8) is 0 Å². The van der Waals surface area contributed by atoms with E-state index in [1.807, 2.05) is 42.5 Å². The SMILES string of the molecule is CN(CCCNC(=O)c1cc(-c2ccccc2)nc2c1cnn2Cc1ccco1)S(C)(=O)=O. The molecule has 0 saturated carbocycles. The number of benzene rings is 1. The number of carbonyl (C=O) groups is 1. The Morgan fingerprint density at radius 2 is 1.97 bits per heavy atom. The molecule has 0 radical (unpaired) electrons. The highest BCUT2D eigenvalue weighted by Crippen LogP contribution is 2.25. The standard InChI is InChI=1S/C23H25N5O4S/c1-27(33(2,30)31)12-7-11-24-23(29)19-14-21(17-8-4-3-5-9-17)26-22-20(19)15-25-28(22)16-18-10-6-13-32-18/h3-6,8-10,13-15H,7,11-12,16H2,1-2H3,(H,24,29). The van der Waals surface area contributed by atoms with Crippen LogP contribution < -0.4 is 5.32 Å². The van der Waals surface area contributed by atoms with E-state index in [0.717, 1.165) is 17.6 Å². The summed E-state index contributed by atoms with van der Waals surface area (Å²) >= 11 is 0. The molecule has 0 aliphatic rings. The summed E-state index contributed by atoms with van der Waals surface area (Å²) in [6, 6.07) is 15.0. The molecule has 1 N–H and O–H groups in total. The van der Waals surface area contributed by atoms with Gasteiger partial charge in [0, 0.05) is 25.7 Å². The van der Waals surface area contributed by atoms with E-state index in [2.05, 4.69) is 10.4 Å². The number of pyridine rings is 1. The Morgan fingerprint density at radius 1 is 1.18 bits per heavy atom. The number of nitrogens with zero attached hydrogens (tertiary/aromatic N) is 4. The first-order valence-corrected chi connectivity index (χ1v) is 12.3. The third-order valence-corrected chi connectivity index (χ3v) is 6.63. The molecule has 172 valence electrons. The third-order valence-electron chi connectivity index (χ3n) is 5.31. The van der Waals surface area contributed by atoms with Gasteiger partial charge in [-0.25, -0.2) is 22.4 Å². The molecule has 0 aliphatic heterocycles. The number of nitrogens with one attached hydrogen (secondary N) is 1. The van der Waals surface area contributed by atoms with Crippen molar-refractivity contribution in [2.24, 2.45) is 0 Å². The van der Waals surface area contributed by atoms with Gasteiger partial charge in [-0.1, -0.05) is 30.3 Å². The molecule has 0 spiro atoms. The molecule has 0 unspecified atom stereocenters. The lowest BCUT2D eigenvalue weighted by Crippen LogP contribution is -2.31. The van der Waals surface area contributed by atoms with Gasteiger partial charge >= 0.3 is 0 Å². The van der Waals surface area contributed by atoms with Crippen LogP contribution in [0.1, 0.15) is 22.5 Å². The molecule has 3 heterocycles. The van der Waals surface area contributed by atoms with Crippen LogP contribution in [0.3, 0.4) is 0 Å². The molecule has 0 bridgehead atoms. The molecule has 0 aliphatic carbocycles. The molecular weight excluding hydrogens is 442 g/mol. The van der Waals surface area contributed by atoms with Gasteiger partial charge in [-0.15, -0.1) is 0 Å². The minimum absolute atomic E-state index is 0.265. The van der Waals surface area contributed by atoms with Gasteiger partial charge in [0.1, 0.15) is 12.3 Å². The largest absolute Gasteiger partial charge is 0.467 e. The number of rotatable bonds is 9. The van der Waals surface area contributed by atoms with Crippen LogP contribution in [-0.4, -0.2) is 59.8 Å². The van der Waals surface area contributed by atoms with Gasteiger partial charge in [-0.3, -0.25) is 4.79 Å². The zero-order chi connectivity index (χ0) is 23.4. The first-order chi connectivity index (χ1) is 15.8. The summed E-state index contributed by atoms with van der Waals surface area (Å²) in [4.78, 5) is 17.9. The molecule has 4 rings (SSSR count). The maximum atomic E-state index is 13.1. The van der Waals surface area contributed by atoms with Crippen LogP contribution in [0.15, 0.2) is 65.4 Å². The van der Waals surface area contributed by atoms with E-state index < -0.39 is 10.0 Å². The van der Waals surface area contributed by atoms with Crippen molar-refractivity contribution in [1.29, 1.82) is 0 Å². The van der Waals surface area contributed by atoms with E-state index in [4.69, 9.17) is 9.40 Å². The fourth-order valence-electron chi connectivity index (χ4n) is 3.42. The van der Waals surface area contributed by atoms with Crippen molar-refractivity contribution in [3.8, 4) is 11.3 Å². The molecule has 3 aromatic heterocycles. The second-order valence-electron chi connectivity index (χ2n) is 7.73. The zero-order valence-corrected chi connectivity index (χ0v) is 19.2. The van der Waals surface area contributed by atoms with Crippen molar-refractivity contribution in [2.45, 2.75) is 13.0 Å². The van der Waals surface area contributed by atoms with Crippen molar-refractivity contribution in [3.05, 3.63) is 72.3 Å². The summed E-state index contributed by atoms with van der Waals surface area (Å²) in [7, 11) is -1.73. The van der Waals surface area contributed by atoms with E-state index in [9.17, 15) is 13.2 Å². The average molecular weight is 468 g/mol. The molecule has 1 aromatic carbocycles. The topological polar surface area (TPSA) is 110 Å². The predicted octanol–water partition coefficient (Wildman–Crippen LogP) is 2.75. The summed E-state index contributed by atoms with van der Waals surface area (Å²) in [5.74, 6) is 0.465. The third kappa shape index (κ3) is 5.29. The highest BCUT2D eigenvalue weighted by molar-refractivity contribution is 7.88. The van der Waals surface area contributed by atoms with Crippen molar-refractivity contribution >= 4 is 27.0 Å². The molecular formula is C23H25N5O4S. The molecule has 0 fully saturated rings. The number of sulfonamides is 1. The quantitative estimate of drug-likeness (QED) is 0.379. The van der Waals surface area contributed by atoms with Crippen LogP contribution in [0.2, 0.25) is 0 Å². The second kappa shape index (κ2) is 9.55. The van der Waals surface area contributed by atoms with Gasteiger partial charge < -0.3 is 9.73 Å². The molecule has 1 amide bonds. The number of fused-ring (bicyclic) bond motifs is 1. The summed E-state index contributed by atoms with van der Waals surface area (Å²) in [5.41, 5.74) is 2.58. The number of hydrogen-bond donors (Lipinski definition) is 1. The number of aromatic nitrogens is 3. The number of furan rings is 1. The first-order valence-electron chi connectivity index (χ1n) is 10.5. The average Bonchev–Trinajstić information content (AvgIpc) is 3.46. The molecule has 0 atom stereocenters. The van der Waals surface area contributed by atoms with Gasteiger partial charge in [0.05, 0.1) is 35.4 Å². The van der Waals surface area contributed by atoms with Crippen LogP contribution in [0, 0.1) is 0 Å². The zero-order valence-electron chi connectivity index (χ0n) is 18.4. The number of amides is 1. The predicted molar refractivity (Wildman–Crippen MR) is 125 cm³/mol. The van der Waals surface area contributed by atoms with Crippen molar-refractivity contribution in [2.75, 3.05) is 26.4 Å². The van der Waals surface area contributed by atoms with Crippen LogP contribution >= 0.6 is 0 Å². The summed E-state index contributed by atoms with van der Waals surface area (Å²) < 4.78 is 31.5. The molecule has 9 nitrogen and oxygen atoms in total. The van der Waals surface area contributed by atoms with E-state index in [-0.39, 0.29) is 5.91 Å². The highest BCUT2D eigenvalue weighted by Gasteiger charge is 2.18.